The predicted octanol–water partition coefficient (Wildman–Crippen LogP) is 4.21. The standard InChI is InChI=1S/C17H24FNO/c1-19-16-11-14(9-12-5-3-2-4-6-12)20-17-8-7-13(18)10-15(16)17/h7-8,10,12,14,16,19H,2-6,9,11H2,1H3. The summed E-state index contributed by atoms with van der Waals surface area (Å²) in [6.07, 6.45) is 9.19. The van der Waals surface area contributed by atoms with Gasteiger partial charge in [-0.3, -0.25) is 0 Å². The second-order valence-corrected chi connectivity index (χ2v) is 6.24. The third kappa shape index (κ3) is 2.98. The normalized spacial score (nSPS) is 26.9. The molecule has 1 N–H and O–H groups in total. The smallest absolute Gasteiger partial charge is 0.124 e. The summed E-state index contributed by atoms with van der Waals surface area (Å²) in [5, 5.41) is 3.31. The molecule has 3 heteroatoms. The summed E-state index contributed by atoms with van der Waals surface area (Å²) >= 11 is 0. The molecule has 0 amide bonds. The van der Waals surface area contributed by atoms with E-state index in [9.17, 15) is 4.39 Å². The van der Waals surface area contributed by atoms with Gasteiger partial charge < -0.3 is 10.1 Å². The van der Waals surface area contributed by atoms with Crippen LogP contribution in [0.3, 0.4) is 0 Å². The number of hydrogen-bond acceptors (Lipinski definition) is 2. The minimum Gasteiger partial charge on any atom is -0.490 e. The van der Waals surface area contributed by atoms with E-state index in [1.54, 1.807) is 12.1 Å². The lowest BCUT2D eigenvalue weighted by molar-refractivity contribution is 0.114. The second kappa shape index (κ2) is 6.13. The van der Waals surface area contributed by atoms with E-state index in [2.05, 4.69) is 5.32 Å². The number of fused-ring (bicyclic) bond motifs is 1. The number of nitrogens with one attached hydrogen (secondary N) is 1. The van der Waals surface area contributed by atoms with Gasteiger partial charge in [-0.05, 0) is 37.6 Å². The van der Waals surface area contributed by atoms with Crippen LogP contribution in [-0.2, 0) is 0 Å². The third-order valence-corrected chi connectivity index (χ3v) is 4.81. The third-order valence-electron chi connectivity index (χ3n) is 4.81. The molecule has 1 aliphatic carbocycles. The Bertz CT molecular complexity index is 456. The average Bonchev–Trinajstić information content (AvgIpc) is 2.48. The van der Waals surface area contributed by atoms with Gasteiger partial charge in [0.1, 0.15) is 17.7 Å². The maximum Gasteiger partial charge on any atom is 0.124 e. The predicted molar refractivity (Wildman–Crippen MR) is 78.4 cm³/mol. The van der Waals surface area contributed by atoms with Crippen LogP contribution in [0.15, 0.2) is 18.2 Å². The molecular weight excluding hydrogens is 253 g/mol. The molecule has 1 aromatic carbocycles. The van der Waals surface area contributed by atoms with Gasteiger partial charge in [-0.2, -0.15) is 0 Å². The van der Waals surface area contributed by atoms with Crippen molar-refractivity contribution in [1.82, 2.24) is 5.32 Å². The van der Waals surface area contributed by atoms with Crippen LogP contribution in [0, 0.1) is 11.7 Å². The number of hydrogen-bond donors (Lipinski definition) is 1. The Kier molecular flexibility index (Phi) is 4.25. The van der Waals surface area contributed by atoms with Crippen molar-refractivity contribution < 1.29 is 9.13 Å². The first-order valence-electron chi connectivity index (χ1n) is 7.89. The summed E-state index contributed by atoms with van der Waals surface area (Å²) in [7, 11) is 1.95. The topological polar surface area (TPSA) is 21.3 Å². The van der Waals surface area contributed by atoms with E-state index in [1.165, 1.54) is 38.2 Å². The molecule has 0 bridgehead atoms. The van der Waals surface area contributed by atoms with Gasteiger partial charge in [0.2, 0.25) is 0 Å². The van der Waals surface area contributed by atoms with E-state index in [1.807, 2.05) is 7.05 Å². The molecule has 1 heterocycles. The lowest BCUT2D eigenvalue weighted by Crippen LogP contribution is -2.33. The minimum absolute atomic E-state index is 0.182. The number of halogens is 1. The maximum absolute atomic E-state index is 13.4. The summed E-state index contributed by atoms with van der Waals surface area (Å²) in [4.78, 5) is 0. The summed E-state index contributed by atoms with van der Waals surface area (Å²) in [6.45, 7) is 0. The summed E-state index contributed by atoms with van der Waals surface area (Å²) in [5.74, 6) is 1.49. The van der Waals surface area contributed by atoms with E-state index >= 15 is 0 Å². The molecule has 0 aromatic heterocycles. The van der Waals surface area contributed by atoms with Crippen molar-refractivity contribution in [2.24, 2.45) is 5.92 Å². The highest BCUT2D eigenvalue weighted by molar-refractivity contribution is 5.38. The first-order chi connectivity index (χ1) is 9.76. The fourth-order valence-corrected chi connectivity index (χ4v) is 3.73. The van der Waals surface area contributed by atoms with Crippen molar-refractivity contribution in [1.29, 1.82) is 0 Å². The van der Waals surface area contributed by atoms with Crippen molar-refractivity contribution in [2.45, 2.75) is 57.1 Å². The Labute approximate surface area is 120 Å². The second-order valence-electron chi connectivity index (χ2n) is 6.24. The highest BCUT2D eigenvalue weighted by Gasteiger charge is 2.29. The zero-order chi connectivity index (χ0) is 13.9. The van der Waals surface area contributed by atoms with Gasteiger partial charge >= 0.3 is 0 Å². The Morgan fingerprint density at radius 3 is 2.80 bits per heavy atom. The minimum atomic E-state index is -0.182. The molecule has 2 atom stereocenters. The van der Waals surface area contributed by atoms with Gasteiger partial charge in [0.25, 0.3) is 0 Å². The molecule has 20 heavy (non-hydrogen) atoms. The Hall–Kier alpha value is -1.09. The first kappa shape index (κ1) is 13.9. The van der Waals surface area contributed by atoms with Crippen LogP contribution in [0.1, 0.15) is 56.6 Å². The van der Waals surface area contributed by atoms with Crippen LogP contribution < -0.4 is 10.1 Å². The van der Waals surface area contributed by atoms with Crippen molar-refractivity contribution in [3.63, 3.8) is 0 Å². The number of ether oxygens (including phenoxy) is 1. The van der Waals surface area contributed by atoms with E-state index in [0.717, 1.165) is 30.1 Å². The van der Waals surface area contributed by atoms with Crippen LogP contribution in [0.25, 0.3) is 0 Å². The van der Waals surface area contributed by atoms with Crippen molar-refractivity contribution in [2.75, 3.05) is 7.05 Å². The van der Waals surface area contributed by atoms with Gasteiger partial charge in [0.05, 0.1) is 0 Å². The Morgan fingerprint density at radius 1 is 1.25 bits per heavy atom. The lowest BCUT2D eigenvalue weighted by atomic mass is 9.83. The fourth-order valence-electron chi connectivity index (χ4n) is 3.73. The van der Waals surface area contributed by atoms with Crippen molar-refractivity contribution in [3.8, 4) is 5.75 Å². The monoisotopic (exact) mass is 277 g/mol. The fraction of sp³-hybridized carbons (Fsp3) is 0.647. The van der Waals surface area contributed by atoms with Gasteiger partial charge in [0, 0.05) is 18.0 Å². The van der Waals surface area contributed by atoms with Gasteiger partial charge in [-0.1, -0.05) is 32.1 Å². The molecule has 110 valence electrons. The maximum atomic E-state index is 13.4. The van der Waals surface area contributed by atoms with E-state index < -0.39 is 0 Å². The molecule has 1 aromatic rings. The summed E-state index contributed by atoms with van der Waals surface area (Å²) in [5.41, 5.74) is 0.965. The Morgan fingerprint density at radius 2 is 2.05 bits per heavy atom. The van der Waals surface area contributed by atoms with Crippen molar-refractivity contribution >= 4 is 0 Å². The van der Waals surface area contributed by atoms with E-state index in [-0.39, 0.29) is 18.0 Å². The molecular formula is C17H24FNO. The SMILES string of the molecule is CNC1CC(CC2CCCCC2)Oc2ccc(F)cc21. The zero-order valence-electron chi connectivity index (χ0n) is 12.2. The Balaban J connectivity index is 1.71. The van der Waals surface area contributed by atoms with Crippen LogP contribution >= 0.6 is 0 Å². The lowest BCUT2D eigenvalue weighted by Gasteiger charge is -2.34. The van der Waals surface area contributed by atoms with Crippen molar-refractivity contribution in [3.05, 3.63) is 29.6 Å². The van der Waals surface area contributed by atoms with E-state index in [4.69, 9.17) is 4.74 Å². The molecule has 1 saturated carbocycles. The zero-order valence-corrected chi connectivity index (χ0v) is 12.2. The number of benzene rings is 1. The molecule has 0 saturated heterocycles. The van der Waals surface area contributed by atoms with Gasteiger partial charge in [0.15, 0.2) is 0 Å². The molecule has 0 spiro atoms. The highest BCUT2D eigenvalue weighted by atomic mass is 19.1. The molecule has 1 fully saturated rings. The molecule has 2 nitrogen and oxygen atoms in total. The van der Waals surface area contributed by atoms with Crippen LogP contribution in [-0.4, -0.2) is 13.2 Å². The van der Waals surface area contributed by atoms with Crippen LogP contribution in [0.5, 0.6) is 5.75 Å². The first-order valence-corrected chi connectivity index (χ1v) is 7.89. The van der Waals surface area contributed by atoms with Gasteiger partial charge in [-0.15, -0.1) is 0 Å². The quantitative estimate of drug-likeness (QED) is 0.893. The average molecular weight is 277 g/mol. The molecule has 0 radical (unpaired) electrons. The molecule has 2 aliphatic rings. The van der Waals surface area contributed by atoms with E-state index in [0.29, 0.717) is 0 Å². The van der Waals surface area contributed by atoms with Crippen LogP contribution in [0.4, 0.5) is 4.39 Å². The molecule has 1 aliphatic heterocycles. The van der Waals surface area contributed by atoms with Crippen LogP contribution in [0.2, 0.25) is 0 Å². The largest absolute Gasteiger partial charge is 0.490 e. The molecule has 2 unspecified atom stereocenters. The highest BCUT2D eigenvalue weighted by Crippen LogP contribution is 2.38. The van der Waals surface area contributed by atoms with Gasteiger partial charge in [-0.25, -0.2) is 4.39 Å². The summed E-state index contributed by atoms with van der Waals surface area (Å²) < 4.78 is 19.5. The number of rotatable bonds is 3. The summed E-state index contributed by atoms with van der Waals surface area (Å²) in [6, 6.07) is 5.09. The molecule has 3 rings (SSSR count).